The van der Waals surface area contributed by atoms with Crippen LogP contribution in [0.1, 0.15) is 5.56 Å². The molecule has 0 heterocycles. The van der Waals surface area contributed by atoms with Crippen molar-refractivity contribution in [1.82, 2.24) is 5.32 Å². The van der Waals surface area contributed by atoms with Crippen molar-refractivity contribution in [2.45, 2.75) is 12.6 Å². The molecule has 0 aliphatic heterocycles. The minimum absolute atomic E-state index is 0.123. The van der Waals surface area contributed by atoms with Crippen LogP contribution in [0.2, 0.25) is 0 Å². The van der Waals surface area contributed by atoms with E-state index in [2.05, 4.69) is 53.9 Å². The van der Waals surface area contributed by atoms with E-state index in [4.69, 9.17) is 0 Å². The summed E-state index contributed by atoms with van der Waals surface area (Å²) >= 11 is 0. The van der Waals surface area contributed by atoms with Crippen molar-refractivity contribution in [2.24, 2.45) is 0 Å². The molecule has 2 aromatic carbocycles. The van der Waals surface area contributed by atoms with Crippen LogP contribution in [0.25, 0.3) is 11.6 Å². The normalized spacial score (nSPS) is 17.8. The van der Waals surface area contributed by atoms with Gasteiger partial charge in [0.25, 0.3) is 0 Å². The third-order valence-corrected chi connectivity index (χ3v) is 4.56. The highest BCUT2D eigenvalue weighted by Gasteiger charge is 2.17. The molecule has 0 saturated heterocycles. The summed E-state index contributed by atoms with van der Waals surface area (Å²) < 4.78 is 0. The second-order valence-corrected chi connectivity index (χ2v) is 6.11. The number of benzene rings is 2. The molecule has 118 valence electrons. The lowest BCUT2D eigenvalue weighted by Gasteiger charge is -2.18. The Hall–Kier alpha value is -2.40. The van der Waals surface area contributed by atoms with E-state index in [1.54, 1.807) is 6.07 Å². The first-order valence-corrected chi connectivity index (χ1v) is 8.11. The third-order valence-electron chi connectivity index (χ3n) is 4.56. The van der Waals surface area contributed by atoms with E-state index >= 15 is 0 Å². The minimum Gasteiger partial charge on any atom is -0.423 e. The van der Waals surface area contributed by atoms with Crippen molar-refractivity contribution in [3.63, 3.8) is 0 Å². The topological polar surface area (TPSA) is 52.5 Å². The first kappa shape index (κ1) is 15.2. The predicted molar refractivity (Wildman–Crippen MR) is 97.7 cm³/mol. The number of allylic oxidation sites excluding steroid dienone is 2. The molecule has 4 rings (SSSR count). The van der Waals surface area contributed by atoms with Crippen LogP contribution in [0.15, 0.2) is 72.3 Å². The summed E-state index contributed by atoms with van der Waals surface area (Å²) in [6.07, 6.45) is 8.75. The van der Waals surface area contributed by atoms with Crippen molar-refractivity contribution in [2.75, 3.05) is 0 Å². The van der Waals surface area contributed by atoms with Gasteiger partial charge in [0.1, 0.15) is 0 Å². The molecule has 0 aromatic heterocycles. The Bertz CT molecular complexity index is 960. The van der Waals surface area contributed by atoms with Gasteiger partial charge in [-0.1, -0.05) is 66.8 Å². The van der Waals surface area contributed by atoms with Crippen LogP contribution in [0.3, 0.4) is 0 Å². The van der Waals surface area contributed by atoms with E-state index in [-0.39, 0.29) is 6.04 Å². The molecular weight excluding hydrogens is 297 g/mol. The fourth-order valence-corrected chi connectivity index (χ4v) is 3.34. The molecule has 2 aliphatic rings. The van der Waals surface area contributed by atoms with Crippen LogP contribution >= 0.6 is 0 Å². The Labute approximate surface area is 141 Å². The highest BCUT2D eigenvalue weighted by molar-refractivity contribution is 6.59. The lowest BCUT2D eigenvalue weighted by Crippen LogP contribution is -2.36. The number of hydrogen-bond donors (Lipinski definition) is 3. The monoisotopic (exact) mass is 315 g/mol. The average molecular weight is 315 g/mol. The summed E-state index contributed by atoms with van der Waals surface area (Å²) in [6, 6.07) is 15.9. The van der Waals surface area contributed by atoms with Crippen molar-refractivity contribution >= 4 is 24.2 Å². The highest BCUT2D eigenvalue weighted by atomic mass is 16.4. The van der Waals surface area contributed by atoms with Gasteiger partial charge in [-0.3, -0.25) is 0 Å². The van der Waals surface area contributed by atoms with Crippen molar-refractivity contribution in [3.05, 3.63) is 88.3 Å². The van der Waals surface area contributed by atoms with E-state index < -0.39 is 7.12 Å². The minimum atomic E-state index is -1.44. The molecule has 1 atom stereocenters. The zero-order valence-electron chi connectivity index (χ0n) is 13.2. The smallest absolute Gasteiger partial charge is 0.423 e. The standard InChI is InChI=1S/C20H18BNO2/c23-21(24)20-8-4-2-6-15(20)13-22-17-9-10-19-16(12-17)11-14-5-1-3-7-18(14)19/h1-12,17,22-24H,13H2. The van der Waals surface area contributed by atoms with E-state index in [0.29, 0.717) is 12.0 Å². The van der Waals surface area contributed by atoms with Gasteiger partial charge in [0, 0.05) is 12.6 Å². The van der Waals surface area contributed by atoms with E-state index in [1.165, 1.54) is 21.6 Å². The maximum Gasteiger partial charge on any atom is 0.488 e. The molecule has 0 bridgehead atoms. The van der Waals surface area contributed by atoms with Gasteiger partial charge in [-0.15, -0.1) is 0 Å². The van der Waals surface area contributed by atoms with Gasteiger partial charge in [-0.05, 0) is 38.7 Å². The number of rotatable bonds is 4. The summed E-state index contributed by atoms with van der Waals surface area (Å²) in [4.78, 5) is 0. The Morgan fingerprint density at radius 3 is 2.67 bits per heavy atom. The molecule has 0 amide bonds. The molecule has 0 fully saturated rings. The lowest BCUT2D eigenvalue weighted by molar-refractivity contribution is 0.425. The molecule has 3 N–H and O–H groups in total. The SMILES string of the molecule is OB(O)c1ccccc1CNC1C=CC2=c3ccccc3=CC2=C1. The third kappa shape index (κ3) is 2.76. The first-order valence-electron chi connectivity index (χ1n) is 8.11. The largest absolute Gasteiger partial charge is 0.488 e. The summed E-state index contributed by atoms with van der Waals surface area (Å²) in [5.74, 6) is 0. The maximum absolute atomic E-state index is 9.46. The Morgan fingerprint density at radius 1 is 1.00 bits per heavy atom. The zero-order valence-corrected chi connectivity index (χ0v) is 13.2. The zero-order chi connectivity index (χ0) is 16.5. The molecule has 1 unspecified atom stereocenters. The van der Waals surface area contributed by atoms with Crippen molar-refractivity contribution in [1.29, 1.82) is 0 Å². The van der Waals surface area contributed by atoms with Gasteiger partial charge in [-0.25, -0.2) is 0 Å². The number of hydrogen-bond acceptors (Lipinski definition) is 3. The van der Waals surface area contributed by atoms with E-state index in [9.17, 15) is 10.0 Å². The molecular formula is C20H18BNO2. The number of nitrogens with one attached hydrogen (secondary N) is 1. The van der Waals surface area contributed by atoms with Gasteiger partial charge >= 0.3 is 7.12 Å². The molecule has 4 heteroatoms. The van der Waals surface area contributed by atoms with Crippen LogP contribution in [0.4, 0.5) is 0 Å². The Morgan fingerprint density at radius 2 is 1.79 bits per heavy atom. The maximum atomic E-state index is 9.46. The van der Waals surface area contributed by atoms with Crippen LogP contribution < -0.4 is 21.2 Å². The van der Waals surface area contributed by atoms with Gasteiger partial charge < -0.3 is 15.4 Å². The lowest BCUT2D eigenvalue weighted by atomic mass is 9.77. The van der Waals surface area contributed by atoms with Crippen molar-refractivity contribution in [3.8, 4) is 0 Å². The van der Waals surface area contributed by atoms with Crippen LogP contribution in [-0.2, 0) is 6.54 Å². The second-order valence-electron chi connectivity index (χ2n) is 6.11. The van der Waals surface area contributed by atoms with Crippen LogP contribution in [0, 0.1) is 0 Å². The van der Waals surface area contributed by atoms with Gasteiger partial charge in [0.05, 0.1) is 0 Å². The molecule has 3 nitrogen and oxygen atoms in total. The van der Waals surface area contributed by atoms with E-state index in [1.807, 2.05) is 18.2 Å². The van der Waals surface area contributed by atoms with Gasteiger partial charge in [0.15, 0.2) is 0 Å². The van der Waals surface area contributed by atoms with E-state index in [0.717, 1.165) is 5.56 Å². The molecule has 0 radical (unpaired) electrons. The summed E-state index contributed by atoms with van der Waals surface area (Å²) in [5, 5.41) is 24.9. The molecule has 2 aromatic rings. The molecule has 24 heavy (non-hydrogen) atoms. The number of fused-ring (bicyclic) bond motifs is 2. The molecule has 0 spiro atoms. The second kappa shape index (κ2) is 6.25. The quantitative estimate of drug-likeness (QED) is 0.695. The highest BCUT2D eigenvalue weighted by Crippen LogP contribution is 2.21. The van der Waals surface area contributed by atoms with Gasteiger partial charge in [0.2, 0.25) is 0 Å². The van der Waals surface area contributed by atoms with Gasteiger partial charge in [-0.2, -0.15) is 0 Å². The predicted octanol–water partition coefficient (Wildman–Crippen LogP) is -0.0342. The summed E-state index contributed by atoms with van der Waals surface area (Å²) in [5.41, 5.74) is 3.96. The fourth-order valence-electron chi connectivity index (χ4n) is 3.34. The van der Waals surface area contributed by atoms with Crippen LogP contribution in [-0.4, -0.2) is 23.2 Å². The Kier molecular flexibility index (Phi) is 3.94. The summed E-state index contributed by atoms with van der Waals surface area (Å²) in [6.45, 7) is 0.578. The van der Waals surface area contributed by atoms with Crippen molar-refractivity contribution < 1.29 is 10.0 Å². The first-order chi connectivity index (χ1) is 11.7. The van der Waals surface area contributed by atoms with Crippen LogP contribution in [0.5, 0.6) is 0 Å². The fraction of sp³-hybridized carbons (Fsp3) is 0.100. The average Bonchev–Trinajstić information content (AvgIpc) is 2.98. The molecule has 2 aliphatic carbocycles. The summed E-state index contributed by atoms with van der Waals surface area (Å²) in [7, 11) is -1.44. The Balaban J connectivity index is 1.54. The molecule has 0 saturated carbocycles.